The van der Waals surface area contributed by atoms with E-state index in [2.05, 4.69) is 4.74 Å². The summed E-state index contributed by atoms with van der Waals surface area (Å²) in [6.07, 6.45) is -0.665. The maximum absolute atomic E-state index is 11.2. The van der Waals surface area contributed by atoms with Crippen molar-refractivity contribution in [2.75, 3.05) is 7.11 Å². The Morgan fingerprint density at radius 2 is 1.83 bits per heavy atom. The predicted octanol–water partition coefficient (Wildman–Crippen LogP) is 4.05. The van der Waals surface area contributed by atoms with Crippen molar-refractivity contribution in [3.05, 3.63) is 24.3 Å². The first-order chi connectivity index (χ1) is 8.31. The van der Waals surface area contributed by atoms with Gasteiger partial charge in [0.1, 0.15) is 5.75 Å². The van der Waals surface area contributed by atoms with E-state index in [9.17, 15) is 4.79 Å². The molecule has 0 bridgehead atoms. The second-order valence-electron chi connectivity index (χ2n) is 3.30. The molecule has 7 heteroatoms. The molecular weight excluding hydrogens is 319 g/mol. The Morgan fingerprint density at radius 3 is 2.28 bits per heavy atom. The number of hydrogen-bond donors (Lipinski definition) is 0. The molecule has 0 aliphatic rings. The summed E-state index contributed by atoms with van der Waals surface area (Å²) in [6, 6.07) is 6.87. The minimum atomic E-state index is -1.40. The maximum Gasteiger partial charge on any atom is 0.346 e. The van der Waals surface area contributed by atoms with Crippen molar-refractivity contribution in [3.8, 4) is 5.75 Å². The van der Waals surface area contributed by atoms with Crippen LogP contribution in [0.2, 0.25) is 0 Å². The lowest BCUT2D eigenvalue weighted by molar-refractivity contribution is -0.147. The van der Waals surface area contributed by atoms with Gasteiger partial charge in [-0.3, -0.25) is 0 Å². The summed E-state index contributed by atoms with van der Waals surface area (Å²) in [7, 11) is 1.31. The van der Waals surface area contributed by atoms with E-state index in [-0.39, 0.29) is 0 Å². The lowest BCUT2D eigenvalue weighted by Crippen LogP contribution is -2.24. The van der Waals surface area contributed by atoms with Gasteiger partial charge >= 0.3 is 5.97 Å². The molecule has 1 aromatic carbocycles. The zero-order valence-electron chi connectivity index (χ0n) is 9.65. The third-order valence-corrected chi connectivity index (χ3v) is 3.34. The van der Waals surface area contributed by atoms with Gasteiger partial charge in [-0.05, 0) is 31.2 Å². The molecule has 0 amide bonds. The van der Waals surface area contributed by atoms with Crippen LogP contribution in [0.5, 0.6) is 5.75 Å². The molecule has 0 fully saturated rings. The van der Waals surface area contributed by atoms with E-state index in [1.54, 1.807) is 31.2 Å². The van der Waals surface area contributed by atoms with Crippen molar-refractivity contribution in [2.45, 2.75) is 21.0 Å². The Labute approximate surface area is 125 Å². The van der Waals surface area contributed by atoms with E-state index < -0.39 is 15.2 Å². The molecule has 1 unspecified atom stereocenters. The molecule has 0 aliphatic carbocycles. The van der Waals surface area contributed by atoms with Gasteiger partial charge in [0.05, 0.1) is 7.11 Å². The van der Waals surface area contributed by atoms with Gasteiger partial charge < -0.3 is 9.47 Å². The van der Waals surface area contributed by atoms with E-state index >= 15 is 0 Å². The van der Waals surface area contributed by atoms with Crippen molar-refractivity contribution in [3.63, 3.8) is 0 Å². The molecule has 0 heterocycles. The van der Waals surface area contributed by atoms with Gasteiger partial charge in [-0.2, -0.15) is 0 Å². The van der Waals surface area contributed by atoms with Crippen LogP contribution in [-0.4, -0.2) is 22.3 Å². The van der Waals surface area contributed by atoms with Crippen LogP contribution in [0.1, 0.15) is 6.92 Å². The molecule has 0 saturated heterocycles. The number of benzene rings is 1. The molecule has 18 heavy (non-hydrogen) atoms. The normalized spacial score (nSPS) is 12.9. The quantitative estimate of drug-likeness (QED) is 0.474. The summed E-state index contributed by atoms with van der Waals surface area (Å²) in [6.45, 7) is 1.61. The smallest absolute Gasteiger partial charge is 0.346 e. The van der Waals surface area contributed by atoms with Crippen LogP contribution in [0, 0.1) is 0 Å². The van der Waals surface area contributed by atoms with Crippen LogP contribution in [-0.2, 0) is 9.53 Å². The highest BCUT2D eigenvalue weighted by molar-refractivity contribution is 8.04. The Bertz CT molecular complexity index is 403. The summed E-state index contributed by atoms with van der Waals surface area (Å²) in [5.74, 6) is 0.108. The summed E-state index contributed by atoms with van der Waals surface area (Å²) >= 11 is 18.0. The molecule has 1 aromatic rings. The number of rotatable bonds is 4. The largest absolute Gasteiger partial charge is 0.479 e. The fourth-order valence-electron chi connectivity index (χ4n) is 1.14. The fourth-order valence-corrected chi connectivity index (χ4v) is 2.48. The topological polar surface area (TPSA) is 35.5 Å². The Morgan fingerprint density at radius 1 is 1.28 bits per heavy atom. The highest BCUT2D eigenvalue weighted by Gasteiger charge is 2.21. The SMILES string of the molecule is COC(=O)C(C)Oc1ccc(SC(Cl)(Cl)Cl)cc1. The van der Waals surface area contributed by atoms with Gasteiger partial charge in [-0.15, -0.1) is 0 Å². The maximum atomic E-state index is 11.2. The molecule has 0 N–H and O–H groups in total. The van der Waals surface area contributed by atoms with Gasteiger partial charge in [0, 0.05) is 4.90 Å². The van der Waals surface area contributed by atoms with Crippen molar-refractivity contribution < 1.29 is 14.3 Å². The second kappa shape index (κ2) is 6.75. The number of carbonyl (C=O) groups is 1. The number of esters is 1. The van der Waals surface area contributed by atoms with Crippen LogP contribution >= 0.6 is 46.6 Å². The monoisotopic (exact) mass is 328 g/mol. The molecule has 1 atom stereocenters. The van der Waals surface area contributed by atoms with E-state index in [0.717, 1.165) is 16.7 Å². The van der Waals surface area contributed by atoms with Crippen LogP contribution in [0.4, 0.5) is 0 Å². The number of carbonyl (C=O) groups excluding carboxylic acids is 1. The summed E-state index contributed by atoms with van der Waals surface area (Å²) < 4.78 is 8.52. The zero-order valence-corrected chi connectivity index (χ0v) is 12.7. The lowest BCUT2D eigenvalue weighted by atomic mass is 10.3. The van der Waals surface area contributed by atoms with E-state index in [4.69, 9.17) is 39.5 Å². The number of ether oxygens (including phenoxy) is 2. The fraction of sp³-hybridized carbons (Fsp3) is 0.364. The van der Waals surface area contributed by atoms with Gasteiger partial charge in [-0.1, -0.05) is 46.6 Å². The van der Waals surface area contributed by atoms with E-state index in [0.29, 0.717) is 5.75 Å². The van der Waals surface area contributed by atoms with Crippen molar-refractivity contribution in [2.24, 2.45) is 0 Å². The Balaban J connectivity index is 2.63. The highest BCUT2D eigenvalue weighted by Crippen LogP contribution is 2.43. The first-order valence-corrected chi connectivity index (χ1v) is 6.87. The van der Waals surface area contributed by atoms with Crippen LogP contribution in [0.15, 0.2) is 29.2 Å². The molecule has 0 spiro atoms. The number of alkyl halides is 3. The van der Waals surface area contributed by atoms with Gasteiger partial charge in [0.15, 0.2) is 6.10 Å². The molecule has 0 saturated carbocycles. The molecule has 0 aromatic heterocycles. The van der Waals surface area contributed by atoms with Gasteiger partial charge in [0.2, 0.25) is 3.12 Å². The third-order valence-electron chi connectivity index (χ3n) is 1.90. The zero-order chi connectivity index (χ0) is 13.8. The second-order valence-corrected chi connectivity index (χ2v) is 7.54. The first-order valence-electron chi connectivity index (χ1n) is 4.92. The van der Waals surface area contributed by atoms with Crippen molar-refractivity contribution in [1.29, 1.82) is 0 Å². The average Bonchev–Trinajstić information content (AvgIpc) is 2.28. The molecule has 0 aliphatic heterocycles. The van der Waals surface area contributed by atoms with Crippen LogP contribution < -0.4 is 4.74 Å². The first kappa shape index (κ1) is 15.8. The summed E-state index contributed by atoms with van der Waals surface area (Å²) in [4.78, 5) is 12.0. The molecule has 1 rings (SSSR count). The van der Waals surface area contributed by atoms with Gasteiger partial charge in [-0.25, -0.2) is 4.79 Å². The Kier molecular flexibility index (Phi) is 5.92. The highest BCUT2D eigenvalue weighted by atomic mass is 35.6. The molecule has 0 radical (unpaired) electrons. The minimum absolute atomic E-state index is 0.435. The molecule has 100 valence electrons. The predicted molar refractivity (Wildman–Crippen MR) is 74.7 cm³/mol. The van der Waals surface area contributed by atoms with Crippen molar-refractivity contribution in [1.82, 2.24) is 0 Å². The number of hydrogen-bond acceptors (Lipinski definition) is 4. The average molecular weight is 330 g/mol. The third kappa shape index (κ3) is 5.57. The lowest BCUT2D eigenvalue weighted by Gasteiger charge is -2.13. The number of halogens is 3. The number of thioether (sulfide) groups is 1. The molecule has 3 nitrogen and oxygen atoms in total. The van der Waals surface area contributed by atoms with Gasteiger partial charge in [0.25, 0.3) is 0 Å². The van der Waals surface area contributed by atoms with Crippen LogP contribution in [0.3, 0.4) is 0 Å². The summed E-state index contributed by atoms with van der Waals surface area (Å²) in [5, 5.41) is 0. The molecular formula is C11H11Cl3O3S. The van der Waals surface area contributed by atoms with Crippen LogP contribution in [0.25, 0.3) is 0 Å². The van der Waals surface area contributed by atoms with E-state index in [1.165, 1.54) is 7.11 Å². The van der Waals surface area contributed by atoms with E-state index in [1.807, 2.05) is 0 Å². The number of methoxy groups -OCH3 is 1. The summed E-state index contributed by atoms with van der Waals surface area (Å²) in [5.41, 5.74) is 0. The van der Waals surface area contributed by atoms with Crippen molar-refractivity contribution >= 4 is 52.5 Å². The Hall–Kier alpha value is -0.290. The minimum Gasteiger partial charge on any atom is -0.479 e. The standard InChI is InChI=1S/C11H11Cl3O3S/c1-7(10(15)16-2)17-8-3-5-9(6-4-8)18-11(12,13)14/h3-7H,1-2H3.